The average Bonchev–Trinajstić information content (AvgIpc) is 2.61. The minimum atomic E-state index is -0.761. The van der Waals surface area contributed by atoms with Gasteiger partial charge in [0.1, 0.15) is 5.84 Å². The van der Waals surface area contributed by atoms with Crippen molar-refractivity contribution in [1.82, 2.24) is 5.32 Å². The highest BCUT2D eigenvalue weighted by Gasteiger charge is 2.12. The van der Waals surface area contributed by atoms with E-state index in [9.17, 15) is 9.59 Å². The fraction of sp³-hybridized carbons (Fsp3) is 0.167. The Hall–Kier alpha value is -3.35. The summed E-state index contributed by atoms with van der Waals surface area (Å²) in [4.78, 5) is 23.6. The number of hydrogen-bond acceptors (Lipinski definition) is 4. The third-order valence-electron chi connectivity index (χ3n) is 3.43. The predicted octanol–water partition coefficient (Wildman–Crippen LogP) is 2.40. The third-order valence-corrected chi connectivity index (χ3v) is 3.43. The number of nitrogens with two attached hydrogens (primary N) is 1. The van der Waals surface area contributed by atoms with Gasteiger partial charge in [0.05, 0.1) is 6.04 Å². The van der Waals surface area contributed by atoms with Crippen LogP contribution in [0.5, 0.6) is 0 Å². The number of benzene rings is 2. The topological polar surface area (TPSA) is 117 Å². The Morgan fingerprint density at radius 2 is 1.88 bits per heavy atom. The molecule has 0 radical (unpaired) electrons. The van der Waals surface area contributed by atoms with Crippen molar-refractivity contribution in [3.05, 3.63) is 65.7 Å². The fourth-order valence-corrected chi connectivity index (χ4v) is 2.16. The van der Waals surface area contributed by atoms with Gasteiger partial charge in [-0.25, -0.2) is 4.79 Å². The molecule has 0 heterocycles. The van der Waals surface area contributed by atoms with Gasteiger partial charge < -0.3 is 15.8 Å². The lowest BCUT2D eigenvalue weighted by molar-refractivity contribution is -0.124. The van der Waals surface area contributed by atoms with Gasteiger partial charge in [0, 0.05) is 11.3 Å². The Bertz CT molecular complexity index is 762. The van der Waals surface area contributed by atoms with Crippen LogP contribution in [-0.2, 0) is 9.53 Å². The largest absolute Gasteiger partial charge is 0.439 e. The highest BCUT2D eigenvalue weighted by atomic mass is 16.6. The van der Waals surface area contributed by atoms with Crippen LogP contribution < -0.4 is 16.4 Å². The van der Waals surface area contributed by atoms with E-state index in [2.05, 4.69) is 10.6 Å². The fourth-order valence-electron chi connectivity index (χ4n) is 2.16. The van der Waals surface area contributed by atoms with Gasteiger partial charge in [-0.15, -0.1) is 0 Å². The van der Waals surface area contributed by atoms with Gasteiger partial charge in [-0.1, -0.05) is 42.5 Å². The standard InChI is InChI=1S/C18H20N4O3/c1-12(13-6-3-2-4-7-13)21-16(23)11-25-18(24)22-15-9-5-8-14(10-15)17(19)20/h2-10,12H,11H2,1H3,(H3,19,20)(H,21,23)(H,22,24)/t12-/m0/s1. The van der Waals surface area contributed by atoms with Crippen LogP contribution in [0.3, 0.4) is 0 Å². The number of ether oxygens (including phenoxy) is 1. The molecule has 0 fully saturated rings. The molecule has 0 aliphatic carbocycles. The molecule has 2 aromatic carbocycles. The Morgan fingerprint density at radius 3 is 2.56 bits per heavy atom. The number of anilines is 1. The van der Waals surface area contributed by atoms with Crippen molar-refractivity contribution in [3.8, 4) is 0 Å². The maximum atomic E-state index is 11.9. The summed E-state index contributed by atoms with van der Waals surface area (Å²) in [7, 11) is 0. The minimum absolute atomic E-state index is 0.105. The molecular weight excluding hydrogens is 320 g/mol. The minimum Gasteiger partial charge on any atom is -0.439 e. The number of carbonyl (C=O) groups is 2. The van der Waals surface area contributed by atoms with E-state index in [1.54, 1.807) is 24.3 Å². The first kappa shape index (κ1) is 18.0. The third kappa shape index (κ3) is 5.65. The first-order valence-corrected chi connectivity index (χ1v) is 7.68. The van der Waals surface area contributed by atoms with Gasteiger partial charge in [-0.2, -0.15) is 0 Å². The zero-order valence-corrected chi connectivity index (χ0v) is 13.8. The number of nitrogens with one attached hydrogen (secondary N) is 3. The highest BCUT2D eigenvalue weighted by Crippen LogP contribution is 2.12. The van der Waals surface area contributed by atoms with E-state index in [0.29, 0.717) is 11.3 Å². The molecule has 7 nitrogen and oxygen atoms in total. The maximum Gasteiger partial charge on any atom is 0.412 e. The van der Waals surface area contributed by atoms with Crippen molar-refractivity contribution in [3.63, 3.8) is 0 Å². The van der Waals surface area contributed by atoms with E-state index in [1.165, 1.54) is 0 Å². The normalized spacial score (nSPS) is 11.2. The van der Waals surface area contributed by atoms with Crippen molar-refractivity contribution in [2.75, 3.05) is 11.9 Å². The van der Waals surface area contributed by atoms with Crippen LogP contribution in [0, 0.1) is 5.41 Å². The van der Waals surface area contributed by atoms with E-state index in [1.807, 2.05) is 37.3 Å². The molecule has 5 N–H and O–H groups in total. The molecule has 2 aromatic rings. The SMILES string of the molecule is C[C@H](NC(=O)COC(=O)Nc1cccc(C(=N)N)c1)c1ccccc1. The van der Waals surface area contributed by atoms with Gasteiger partial charge in [0.2, 0.25) is 0 Å². The molecule has 25 heavy (non-hydrogen) atoms. The van der Waals surface area contributed by atoms with Crippen LogP contribution in [0.2, 0.25) is 0 Å². The molecule has 0 aromatic heterocycles. The summed E-state index contributed by atoms with van der Waals surface area (Å²) in [6.07, 6.45) is -0.761. The molecule has 0 spiro atoms. The van der Waals surface area contributed by atoms with Crippen molar-refractivity contribution >= 4 is 23.5 Å². The van der Waals surface area contributed by atoms with Gasteiger partial charge in [0.15, 0.2) is 6.61 Å². The second-order valence-corrected chi connectivity index (χ2v) is 5.40. The molecular formula is C18H20N4O3. The summed E-state index contributed by atoms with van der Waals surface area (Å²) >= 11 is 0. The van der Waals surface area contributed by atoms with Crippen LogP contribution in [-0.4, -0.2) is 24.4 Å². The monoisotopic (exact) mass is 340 g/mol. The van der Waals surface area contributed by atoms with E-state index >= 15 is 0 Å². The van der Waals surface area contributed by atoms with E-state index in [4.69, 9.17) is 15.9 Å². The van der Waals surface area contributed by atoms with Gasteiger partial charge >= 0.3 is 6.09 Å². The molecule has 0 saturated heterocycles. The lowest BCUT2D eigenvalue weighted by atomic mass is 10.1. The molecule has 0 bridgehead atoms. The van der Waals surface area contributed by atoms with Crippen LogP contribution in [0.1, 0.15) is 24.1 Å². The number of rotatable bonds is 6. The smallest absolute Gasteiger partial charge is 0.412 e. The number of hydrogen-bond donors (Lipinski definition) is 4. The summed E-state index contributed by atoms with van der Waals surface area (Å²) in [6.45, 7) is 1.45. The molecule has 1 atom stereocenters. The van der Waals surface area contributed by atoms with Gasteiger partial charge in [-0.05, 0) is 24.6 Å². The lowest BCUT2D eigenvalue weighted by Crippen LogP contribution is -2.31. The maximum absolute atomic E-state index is 11.9. The molecule has 0 saturated carbocycles. The molecule has 130 valence electrons. The van der Waals surface area contributed by atoms with Crippen LogP contribution in [0.15, 0.2) is 54.6 Å². The van der Waals surface area contributed by atoms with Crippen LogP contribution in [0.25, 0.3) is 0 Å². The molecule has 7 heteroatoms. The summed E-state index contributed by atoms with van der Waals surface area (Å²) in [5.74, 6) is -0.504. The van der Waals surface area contributed by atoms with Crippen LogP contribution >= 0.6 is 0 Å². The Balaban J connectivity index is 1.80. The molecule has 0 aliphatic heterocycles. The second kappa shape index (κ2) is 8.49. The Morgan fingerprint density at radius 1 is 1.16 bits per heavy atom. The number of nitrogen functional groups attached to an aromatic ring is 1. The highest BCUT2D eigenvalue weighted by molar-refractivity contribution is 5.97. The van der Waals surface area contributed by atoms with E-state index in [0.717, 1.165) is 5.56 Å². The zero-order chi connectivity index (χ0) is 18.2. The molecule has 0 unspecified atom stereocenters. The van der Waals surface area contributed by atoms with Crippen molar-refractivity contribution in [1.29, 1.82) is 5.41 Å². The Kier molecular flexibility index (Phi) is 6.11. The number of carbonyl (C=O) groups excluding carboxylic acids is 2. The van der Waals surface area contributed by atoms with E-state index in [-0.39, 0.29) is 11.9 Å². The van der Waals surface area contributed by atoms with Crippen LogP contribution in [0.4, 0.5) is 10.5 Å². The average molecular weight is 340 g/mol. The van der Waals surface area contributed by atoms with Crippen molar-refractivity contribution in [2.45, 2.75) is 13.0 Å². The summed E-state index contributed by atoms with van der Waals surface area (Å²) < 4.78 is 4.90. The van der Waals surface area contributed by atoms with Crippen molar-refractivity contribution in [2.24, 2.45) is 5.73 Å². The van der Waals surface area contributed by atoms with Crippen molar-refractivity contribution < 1.29 is 14.3 Å². The zero-order valence-electron chi connectivity index (χ0n) is 13.8. The summed E-state index contributed by atoms with van der Waals surface area (Å²) in [6, 6.07) is 15.8. The van der Waals surface area contributed by atoms with Gasteiger partial charge in [-0.3, -0.25) is 15.5 Å². The number of amidine groups is 1. The molecule has 2 amide bonds. The lowest BCUT2D eigenvalue weighted by Gasteiger charge is -2.14. The first-order valence-electron chi connectivity index (χ1n) is 7.68. The Labute approximate surface area is 145 Å². The quantitative estimate of drug-likeness (QED) is 0.477. The number of amides is 2. The van der Waals surface area contributed by atoms with E-state index < -0.39 is 18.6 Å². The second-order valence-electron chi connectivity index (χ2n) is 5.40. The summed E-state index contributed by atoms with van der Waals surface area (Å²) in [5.41, 5.74) is 7.26. The summed E-state index contributed by atoms with van der Waals surface area (Å²) in [5, 5.41) is 12.6. The first-order chi connectivity index (χ1) is 12.0. The predicted molar refractivity (Wildman–Crippen MR) is 95.4 cm³/mol. The van der Waals surface area contributed by atoms with Gasteiger partial charge in [0.25, 0.3) is 5.91 Å². The molecule has 0 aliphatic rings. The molecule has 2 rings (SSSR count).